The van der Waals surface area contributed by atoms with Crippen molar-refractivity contribution in [2.45, 2.75) is 13.8 Å². The van der Waals surface area contributed by atoms with Crippen LogP contribution < -0.4 is 10.2 Å². The van der Waals surface area contributed by atoms with Gasteiger partial charge in [-0.2, -0.15) is 0 Å². The SMILES string of the molecule is CCN(CC)c1nc2sc(C(=O)Nc3c(F)cccc3F)cc2s1. The highest BCUT2D eigenvalue weighted by molar-refractivity contribution is 7.29. The zero-order valence-electron chi connectivity index (χ0n) is 13.1. The molecule has 0 fully saturated rings. The summed E-state index contributed by atoms with van der Waals surface area (Å²) in [4.78, 5) is 20.0. The van der Waals surface area contributed by atoms with Crippen molar-refractivity contribution >= 4 is 48.9 Å². The Morgan fingerprint density at radius 1 is 1.21 bits per heavy atom. The number of fused-ring (bicyclic) bond motifs is 1. The number of para-hydroxylation sites is 1. The number of hydrogen-bond acceptors (Lipinski definition) is 5. The molecule has 8 heteroatoms. The van der Waals surface area contributed by atoms with Crippen LogP contribution >= 0.6 is 22.7 Å². The molecule has 1 amide bonds. The Morgan fingerprint density at radius 2 is 1.88 bits per heavy atom. The van der Waals surface area contributed by atoms with Crippen LogP contribution in [0, 0.1) is 11.6 Å². The molecule has 0 aliphatic heterocycles. The van der Waals surface area contributed by atoms with Crippen molar-refractivity contribution in [3.05, 3.63) is 40.8 Å². The van der Waals surface area contributed by atoms with Gasteiger partial charge >= 0.3 is 0 Å². The molecule has 2 aromatic heterocycles. The fourth-order valence-corrected chi connectivity index (χ4v) is 4.49. The number of hydrogen-bond donors (Lipinski definition) is 1. The van der Waals surface area contributed by atoms with E-state index < -0.39 is 23.2 Å². The molecule has 0 aliphatic carbocycles. The Labute approximate surface area is 145 Å². The van der Waals surface area contributed by atoms with Gasteiger partial charge in [-0.1, -0.05) is 17.4 Å². The highest BCUT2D eigenvalue weighted by Gasteiger charge is 2.18. The predicted molar refractivity (Wildman–Crippen MR) is 95.4 cm³/mol. The molecule has 0 saturated carbocycles. The Morgan fingerprint density at radius 3 is 2.46 bits per heavy atom. The van der Waals surface area contributed by atoms with E-state index in [1.54, 1.807) is 6.07 Å². The van der Waals surface area contributed by atoms with Crippen molar-refractivity contribution in [2.24, 2.45) is 0 Å². The molecule has 3 aromatic rings. The fourth-order valence-electron chi connectivity index (χ4n) is 2.26. The minimum absolute atomic E-state index is 0.373. The lowest BCUT2D eigenvalue weighted by atomic mass is 10.3. The predicted octanol–water partition coefficient (Wildman–Crippen LogP) is 4.73. The first-order valence-electron chi connectivity index (χ1n) is 7.44. The van der Waals surface area contributed by atoms with Crippen LogP contribution in [0.3, 0.4) is 0 Å². The number of thiophene rings is 1. The number of halogens is 2. The lowest BCUT2D eigenvalue weighted by Crippen LogP contribution is -2.21. The van der Waals surface area contributed by atoms with Crippen molar-refractivity contribution in [3.63, 3.8) is 0 Å². The second-order valence-corrected chi connectivity index (χ2v) is 7.04. The van der Waals surface area contributed by atoms with Gasteiger partial charge in [-0.05, 0) is 32.0 Å². The van der Waals surface area contributed by atoms with Gasteiger partial charge in [0, 0.05) is 13.1 Å². The quantitative estimate of drug-likeness (QED) is 0.709. The Kier molecular flexibility index (Phi) is 4.77. The van der Waals surface area contributed by atoms with E-state index in [4.69, 9.17) is 0 Å². The molecule has 24 heavy (non-hydrogen) atoms. The van der Waals surface area contributed by atoms with Crippen LogP contribution in [0.5, 0.6) is 0 Å². The largest absolute Gasteiger partial charge is 0.349 e. The van der Waals surface area contributed by atoms with Crippen LogP contribution in [0.4, 0.5) is 19.6 Å². The number of nitrogens with zero attached hydrogens (tertiary/aromatic N) is 2. The van der Waals surface area contributed by atoms with Crippen LogP contribution in [0.15, 0.2) is 24.3 Å². The molecule has 0 bridgehead atoms. The zero-order valence-corrected chi connectivity index (χ0v) is 14.7. The standard InChI is InChI=1S/C16H15F2N3OS2/c1-3-21(4-2)16-20-15-12(24-16)8-11(23-15)14(22)19-13-9(17)6-5-7-10(13)18/h5-8H,3-4H2,1-2H3,(H,19,22). The summed E-state index contributed by atoms with van der Waals surface area (Å²) in [5.41, 5.74) is -0.434. The molecule has 0 atom stereocenters. The number of aromatic nitrogens is 1. The maximum Gasteiger partial charge on any atom is 0.266 e. The summed E-state index contributed by atoms with van der Waals surface area (Å²) in [5, 5.41) is 3.20. The van der Waals surface area contributed by atoms with Crippen molar-refractivity contribution in [1.29, 1.82) is 0 Å². The molecule has 0 saturated heterocycles. The molecular formula is C16H15F2N3OS2. The van der Waals surface area contributed by atoms with Crippen molar-refractivity contribution in [3.8, 4) is 0 Å². The zero-order chi connectivity index (χ0) is 17.3. The monoisotopic (exact) mass is 367 g/mol. The molecule has 4 nitrogen and oxygen atoms in total. The van der Waals surface area contributed by atoms with E-state index in [1.165, 1.54) is 28.7 Å². The second-order valence-electron chi connectivity index (χ2n) is 5.00. The summed E-state index contributed by atoms with van der Waals surface area (Å²) in [6.45, 7) is 5.83. The minimum Gasteiger partial charge on any atom is -0.349 e. The third-order valence-corrected chi connectivity index (χ3v) is 5.76. The number of amides is 1. The molecule has 0 radical (unpaired) electrons. The van der Waals surface area contributed by atoms with E-state index in [0.29, 0.717) is 4.88 Å². The molecule has 0 unspecified atom stereocenters. The molecular weight excluding hydrogens is 352 g/mol. The van der Waals surface area contributed by atoms with Crippen LogP contribution in [-0.2, 0) is 0 Å². The van der Waals surface area contributed by atoms with Crippen molar-refractivity contribution in [2.75, 3.05) is 23.3 Å². The van der Waals surface area contributed by atoms with E-state index in [0.717, 1.165) is 39.9 Å². The van der Waals surface area contributed by atoms with E-state index in [1.807, 2.05) is 0 Å². The number of thiazole rings is 1. The minimum atomic E-state index is -0.802. The Balaban J connectivity index is 1.84. The number of anilines is 2. The number of rotatable bonds is 5. The lowest BCUT2D eigenvalue weighted by molar-refractivity contribution is 0.102. The van der Waals surface area contributed by atoms with E-state index >= 15 is 0 Å². The summed E-state index contributed by atoms with van der Waals surface area (Å²) >= 11 is 2.71. The summed E-state index contributed by atoms with van der Waals surface area (Å²) in [6, 6.07) is 5.16. The Hall–Kier alpha value is -2.06. The average molecular weight is 367 g/mol. The molecule has 3 rings (SSSR count). The maximum atomic E-state index is 13.6. The van der Waals surface area contributed by atoms with E-state index in [-0.39, 0.29) is 0 Å². The van der Waals surface area contributed by atoms with Crippen molar-refractivity contribution in [1.82, 2.24) is 4.98 Å². The number of benzene rings is 1. The summed E-state index contributed by atoms with van der Waals surface area (Å²) < 4.78 is 28.1. The van der Waals surface area contributed by atoms with Gasteiger partial charge in [0.2, 0.25) is 0 Å². The normalized spacial score (nSPS) is 11.0. The van der Waals surface area contributed by atoms with Crippen LogP contribution in [-0.4, -0.2) is 24.0 Å². The number of nitrogens with one attached hydrogen (secondary N) is 1. The highest BCUT2D eigenvalue weighted by atomic mass is 32.1. The smallest absolute Gasteiger partial charge is 0.266 e. The van der Waals surface area contributed by atoms with Gasteiger partial charge in [-0.3, -0.25) is 4.79 Å². The van der Waals surface area contributed by atoms with Gasteiger partial charge in [0.05, 0.1) is 9.58 Å². The first kappa shape index (κ1) is 16.8. The number of carbonyl (C=O) groups is 1. The van der Waals surface area contributed by atoms with E-state index in [9.17, 15) is 13.6 Å². The maximum absolute atomic E-state index is 13.6. The molecule has 126 valence electrons. The third-order valence-electron chi connectivity index (χ3n) is 3.54. The first-order chi connectivity index (χ1) is 11.5. The van der Waals surface area contributed by atoms with Gasteiger partial charge in [0.15, 0.2) is 5.13 Å². The fraction of sp³-hybridized carbons (Fsp3) is 0.250. The molecule has 1 N–H and O–H groups in total. The molecule has 0 spiro atoms. The molecule has 2 heterocycles. The van der Waals surface area contributed by atoms with Gasteiger partial charge in [-0.15, -0.1) is 11.3 Å². The topological polar surface area (TPSA) is 45.2 Å². The van der Waals surface area contributed by atoms with Gasteiger partial charge in [-0.25, -0.2) is 13.8 Å². The van der Waals surface area contributed by atoms with Crippen LogP contribution in [0.2, 0.25) is 0 Å². The molecule has 0 aliphatic rings. The van der Waals surface area contributed by atoms with Crippen LogP contribution in [0.1, 0.15) is 23.5 Å². The number of carbonyl (C=O) groups excluding carboxylic acids is 1. The van der Waals surface area contributed by atoms with Crippen molar-refractivity contribution < 1.29 is 13.6 Å². The summed E-state index contributed by atoms with van der Waals surface area (Å²) in [5.74, 6) is -2.15. The average Bonchev–Trinajstić information content (AvgIpc) is 3.11. The summed E-state index contributed by atoms with van der Waals surface area (Å²) in [7, 11) is 0. The Bertz CT molecular complexity index is 835. The first-order valence-corrected chi connectivity index (χ1v) is 9.07. The summed E-state index contributed by atoms with van der Waals surface area (Å²) in [6.07, 6.45) is 0. The van der Waals surface area contributed by atoms with Gasteiger partial charge < -0.3 is 10.2 Å². The third kappa shape index (κ3) is 3.11. The van der Waals surface area contributed by atoms with E-state index in [2.05, 4.69) is 29.0 Å². The van der Waals surface area contributed by atoms with Gasteiger partial charge in [0.1, 0.15) is 22.2 Å². The lowest BCUT2D eigenvalue weighted by Gasteiger charge is -2.16. The highest BCUT2D eigenvalue weighted by Crippen LogP contribution is 2.35. The van der Waals surface area contributed by atoms with Crippen LogP contribution in [0.25, 0.3) is 9.53 Å². The second kappa shape index (κ2) is 6.82. The molecule has 1 aromatic carbocycles. The van der Waals surface area contributed by atoms with Gasteiger partial charge in [0.25, 0.3) is 5.91 Å².